The number of thioether (sulfide) groups is 1. The summed E-state index contributed by atoms with van der Waals surface area (Å²) in [6.07, 6.45) is 4.23. The number of rotatable bonds is 9. The van der Waals surface area contributed by atoms with Gasteiger partial charge in [0.15, 0.2) is 0 Å². The molecule has 0 unspecified atom stereocenters. The average Bonchev–Trinajstić information content (AvgIpc) is 3.31. The number of hydrogen-bond acceptors (Lipinski definition) is 7. The van der Waals surface area contributed by atoms with E-state index in [9.17, 15) is 19.5 Å². The number of carbonyl (C=O) groups excluding carboxylic acids is 2. The number of unbranched alkanes of at least 4 members (excludes halogenated alkanes) is 2. The van der Waals surface area contributed by atoms with Crippen LogP contribution in [0.15, 0.2) is 40.6 Å². The highest BCUT2D eigenvalue weighted by Crippen LogP contribution is 2.33. The number of hydrogen-bond donors (Lipinski definition) is 3. The molecule has 1 aromatic carbocycles. The lowest BCUT2D eigenvalue weighted by Gasteiger charge is -2.14. The first-order valence-corrected chi connectivity index (χ1v) is 11.6. The largest absolute Gasteiger partial charge is 0.507 e. The van der Waals surface area contributed by atoms with Gasteiger partial charge in [0.25, 0.3) is 5.91 Å². The summed E-state index contributed by atoms with van der Waals surface area (Å²) in [7, 11) is 0. The Kier molecular flexibility index (Phi) is 7.83. The highest BCUT2D eigenvalue weighted by atomic mass is 32.2. The fraction of sp³-hybridized carbons (Fsp3) is 0.238. The lowest BCUT2D eigenvalue weighted by molar-refractivity contribution is -0.122. The normalized spacial score (nSPS) is 15.0. The number of carbonyl (C=O) groups is 3. The molecule has 0 aliphatic carbocycles. The first kappa shape index (κ1) is 23.0. The van der Waals surface area contributed by atoms with Crippen LogP contribution in [0.25, 0.3) is 6.08 Å². The molecule has 2 amide bonds. The van der Waals surface area contributed by atoms with E-state index in [0.29, 0.717) is 27.9 Å². The number of thiophene rings is 1. The van der Waals surface area contributed by atoms with E-state index in [0.717, 1.165) is 17.7 Å². The highest BCUT2D eigenvalue weighted by Gasteiger charge is 2.31. The van der Waals surface area contributed by atoms with Gasteiger partial charge in [0, 0.05) is 29.6 Å². The summed E-state index contributed by atoms with van der Waals surface area (Å²) in [5.41, 5.74) is 0.113. The lowest BCUT2D eigenvalue weighted by atomic mass is 10.1. The molecule has 1 aliphatic rings. The quantitative estimate of drug-likeness (QED) is 0.277. The first-order chi connectivity index (χ1) is 14.8. The predicted octanol–water partition coefficient (Wildman–Crippen LogP) is 4.55. The van der Waals surface area contributed by atoms with Crippen LogP contribution in [0.4, 0.5) is 5.69 Å². The van der Waals surface area contributed by atoms with Crippen LogP contribution in [0.3, 0.4) is 0 Å². The minimum absolute atomic E-state index is 0.0780. The van der Waals surface area contributed by atoms with Crippen molar-refractivity contribution in [1.29, 1.82) is 0 Å². The summed E-state index contributed by atoms with van der Waals surface area (Å²) in [6.45, 7) is 0.512. The second kappa shape index (κ2) is 10.6. The lowest BCUT2D eigenvalue weighted by Crippen LogP contribution is -2.29. The molecule has 1 saturated heterocycles. The molecule has 10 heteroatoms. The standard InChI is InChI=1S/C21H20N2O5S3/c24-16-11-13(7-8-15(16)20(27)28)22-18(25)6-2-1-3-9-23-19(26)17(31-21(23)29)12-14-5-4-10-30-14/h4-5,7-8,10-12,24H,1-3,6,9H2,(H,22,25)(H,27,28)/b17-12+. The molecule has 2 heterocycles. The molecule has 0 saturated carbocycles. The van der Waals surface area contributed by atoms with Crippen LogP contribution in [0.5, 0.6) is 5.75 Å². The van der Waals surface area contributed by atoms with E-state index < -0.39 is 11.7 Å². The highest BCUT2D eigenvalue weighted by molar-refractivity contribution is 8.26. The fourth-order valence-corrected chi connectivity index (χ4v) is 4.97. The Labute approximate surface area is 192 Å². The van der Waals surface area contributed by atoms with Crippen LogP contribution in [0.2, 0.25) is 0 Å². The van der Waals surface area contributed by atoms with E-state index in [2.05, 4.69) is 5.32 Å². The SMILES string of the molecule is O=C(CCCCCN1C(=O)/C(=C\c2cccs2)SC1=S)Nc1ccc(C(=O)O)c(O)c1. The summed E-state index contributed by atoms with van der Waals surface area (Å²) in [4.78, 5) is 38.7. The van der Waals surface area contributed by atoms with Crippen molar-refractivity contribution in [3.8, 4) is 5.75 Å². The van der Waals surface area contributed by atoms with Crippen molar-refractivity contribution in [3.63, 3.8) is 0 Å². The van der Waals surface area contributed by atoms with Crippen molar-refractivity contribution >= 4 is 69.2 Å². The number of thiocarbonyl (C=S) groups is 1. The number of anilines is 1. The molecule has 1 aliphatic heterocycles. The first-order valence-electron chi connectivity index (χ1n) is 9.50. The van der Waals surface area contributed by atoms with Crippen molar-refractivity contribution in [2.24, 2.45) is 0 Å². The molecule has 31 heavy (non-hydrogen) atoms. The minimum atomic E-state index is -1.24. The summed E-state index contributed by atoms with van der Waals surface area (Å²) in [6, 6.07) is 7.76. The van der Waals surface area contributed by atoms with E-state index in [-0.39, 0.29) is 23.8 Å². The van der Waals surface area contributed by atoms with Crippen LogP contribution < -0.4 is 5.32 Å². The van der Waals surface area contributed by atoms with Gasteiger partial charge in [-0.3, -0.25) is 14.5 Å². The molecule has 162 valence electrons. The van der Waals surface area contributed by atoms with Gasteiger partial charge in [0.1, 0.15) is 15.6 Å². The molecule has 7 nitrogen and oxygen atoms in total. The number of amides is 2. The van der Waals surface area contributed by atoms with Gasteiger partial charge in [0.2, 0.25) is 5.91 Å². The maximum atomic E-state index is 12.5. The Balaban J connectivity index is 1.39. The minimum Gasteiger partial charge on any atom is -0.507 e. The zero-order valence-electron chi connectivity index (χ0n) is 16.4. The van der Waals surface area contributed by atoms with E-state index in [1.54, 1.807) is 16.2 Å². The van der Waals surface area contributed by atoms with Crippen molar-refractivity contribution < 1.29 is 24.6 Å². The van der Waals surface area contributed by atoms with E-state index >= 15 is 0 Å². The van der Waals surface area contributed by atoms with Gasteiger partial charge >= 0.3 is 5.97 Å². The summed E-state index contributed by atoms with van der Waals surface area (Å²) in [5.74, 6) is -1.95. The maximum Gasteiger partial charge on any atom is 0.339 e. The topological polar surface area (TPSA) is 107 Å². The molecule has 3 N–H and O–H groups in total. The molecule has 2 aromatic rings. The van der Waals surface area contributed by atoms with Crippen LogP contribution >= 0.6 is 35.3 Å². The smallest absolute Gasteiger partial charge is 0.339 e. The molecule has 0 bridgehead atoms. The van der Waals surface area contributed by atoms with Gasteiger partial charge in [0.05, 0.1) is 4.91 Å². The number of carboxylic acids is 1. The van der Waals surface area contributed by atoms with E-state index in [4.69, 9.17) is 17.3 Å². The predicted molar refractivity (Wildman–Crippen MR) is 126 cm³/mol. The number of aromatic hydroxyl groups is 1. The monoisotopic (exact) mass is 476 g/mol. The van der Waals surface area contributed by atoms with Gasteiger partial charge in [-0.2, -0.15) is 0 Å². The molecule has 0 radical (unpaired) electrons. The Morgan fingerprint density at radius 2 is 2.00 bits per heavy atom. The van der Waals surface area contributed by atoms with Gasteiger partial charge in [-0.25, -0.2) is 4.79 Å². The van der Waals surface area contributed by atoms with E-state index in [1.165, 1.54) is 30.0 Å². The Bertz CT molecular complexity index is 1030. The molecule has 3 rings (SSSR count). The van der Waals surface area contributed by atoms with Crippen molar-refractivity contribution in [2.75, 3.05) is 11.9 Å². The molecular formula is C21H20N2O5S3. The zero-order valence-corrected chi connectivity index (χ0v) is 18.8. The van der Waals surface area contributed by atoms with Gasteiger partial charge in [-0.1, -0.05) is 36.5 Å². The van der Waals surface area contributed by atoms with Crippen molar-refractivity contribution in [3.05, 3.63) is 51.1 Å². The molecular weight excluding hydrogens is 456 g/mol. The third-order valence-corrected chi connectivity index (χ3v) is 6.68. The second-order valence-corrected chi connectivity index (χ2v) is 9.40. The van der Waals surface area contributed by atoms with Crippen LogP contribution in [0.1, 0.15) is 40.9 Å². The molecule has 0 atom stereocenters. The maximum absolute atomic E-state index is 12.5. The number of nitrogens with zero attached hydrogens (tertiary/aromatic N) is 1. The Morgan fingerprint density at radius 3 is 2.68 bits per heavy atom. The van der Waals surface area contributed by atoms with Gasteiger partial charge in [-0.05, 0) is 42.5 Å². The Hall–Kier alpha value is -2.69. The summed E-state index contributed by atoms with van der Waals surface area (Å²) < 4.78 is 0.551. The number of phenols is 1. The second-order valence-electron chi connectivity index (χ2n) is 6.74. The van der Waals surface area contributed by atoms with Gasteiger partial charge < -0.3 is 15.5 Å². The fourth-order valence-electron chi connectivity index (χ4n) is 2.94. The number of carboxylic acid groups (broad SMARTS) is 1. The van der Waals surface area contributed by atoms with Gasteiger partial charge in [-0.15, -0.1) is 11.3 Å². The third kappa shape index (κ3) is 6.16. The van der Waals surface area contributed by atoms with Crippen molar-refractivity contribution in [1.82, 2.24) is 4.90 Å². The van der Waals surface area contributed by atoms with Crippen LogP contribution in [-0.4, -0.2) is 43.8 Å². The van der Waals surface area contributed by atoms with Crippen LogP contribution in [0, 0.1) is 0 Å². The molecule has 1 aromatic heterocycles. The summed E-state index contributed by atoms with van der Waals surface area (Å²) >= 11 is 8.20. The van der Waals surface area contributed by atoms with Crippen LogP contribution in [-0.2, 0) is 9.59 Å². The zero-order chi connectivity index (χ0) is 22.4. The number of benzene rings is 1. The number of nitrogens with one attached hydrogen (secondary N) is 1. The summed E-state index contributed by atoms with van der Waals surface area (Å²) in [5, 5.41) is 23.2. The third-order valence-electron chi connectivity index (χ3n) is 4.49. The Morgan fingerprint density at radius 1 is 1.19 bits per heavy atom. The number of aromatic carboxylic acids is 1. The molecule has 1 fully saturated rings. The van der Waals surface area contributed by atoms with Crippen molar-refractivity contribution in [2.45, 2.75) is 25.7 Å². The average molecular weight is 477 g/mol. The van der Waals surface area contributed by atoms with E-state index in [1.807, 2.05) is 23.6 Å². The molecule has 0 spiro atoms.